The summed E-state index contributed by atoms with van der Waals surface area (Å²) in [4.78, 5) is 16.9. The first-order chi connectivity index (χ1) is 7.65. The van der Waals surface area contributed by atoms with Crippen LogP contribution < -0.4 is 0 Å². The smallest absolute Gasteiger partial charge is 0.357 e. The number of carboxylic acids is 1. The van der Waals surface area contributed by atoms with Gasteiger partial charge in [-0.3, -0.25) is 0 Å². The number of likely N-dealkylation sites (tertiary alicyclic amines) is 1. The number of piperidine rings is 1. The molecule has 88 valence electrons. The number of hydrogen-bond donors (Lipinski definition) is 1. The molecule has 2 rings (SSSR count). The molecule has 1 unspecified atom stereocenters. The van der Waals surface area contributed by atoms with Crippen LogP contribution in [0.1, 0.15) is 29.2 Å². The molecule has 0 aliphatic carbocycles. The van der Waals surface area contributed by atoms with Gasteiger partial charge in [0, 0.05) is 13.0 Å². The maximum Gasteiger partial charge on any atom is 0.357 e. The fraction of sp³-hybridized carbons (Fsp3) is 0.636. The Morgan fingerprint density at radius 3 is 3.19 bits per heavy atom. The summed E-state index contributed by atoms with van der Waals surface area (Å²) in [6, 6.07) is 0. The van der Waals surface area contributed by atoms with Gasteiger partial charge in [0.05, 0.1) is 0 Å². The zero-order chi connectivity index (χ0) is 11.5. The lowest BCUT2D eigenvalue weighted by Crippen LogP contribution is -2.33. The molecule has 1 aromatic heterocycles. The Hall–Kier alpha value is -1.36. The number of carboxylic acid groups (broad SMARTS) is 1. The first-order valence-electron chi connectivity index (χ1n) is 5.51. The number of aromatic nitrogens is 1. The van der Waals surface area contributed by atoms with Crippen LogP contribution in [-0.2, 0) is 6.42 Å². The minimum absolute atomic E-state index is 0.000774. The molecule has 0 spiro atoms. The molecule has 16 heavy (non-hydrogen) atoms. The molecule has 1 N–H and O–H groups in total. The molecule has 1 fully saturated rings. The van der Waals surface area contributed by atoms with E-state index >= 15 is 0 Å². The quantitative estimate of drug-likeness (QED) is 0.837. The van der Waals surface area contributed by atoms with Crippen LogP contribution in [0.2, 0.25) is 0 Å². The van der Waals surface area contributed by atoms with E-state index in [1.54, 1.807) is 0 Å². The summed E-state index contributed by atoms with van der Waals surface area (Å²) in [6.07, 6.45) is 4.30. The predicted octanol–water partition coefficient (Wildman–Crippen LogP) is 1.26. The van der Waals surface area contributed by atoms with Gasteiger partial charge in [-0.05, 0) is 32.4 Å². The summed E-state index contributed by atoms with van der Waals surface area (Å²) in [5.74, 6) is 0.0347. The average molecular weight is 224 g/mol. The molecule has 0 bridgehead atoms. The zero-order valence-electron chi connectivity index (χ0n) is 9.35. The van der Waals surface area contributed by atoms with Crippen molar-refractivity contribution in [2.45, 2.75) is 19.3 Å². The number of oxazole rings is 1. The molecule has 1 aromatic rings. The Labute approximate surface area is 94.1 Å². The molecular weight excluding hydrogens is 208 g/mol. The van der Waals surface area contributed by atoms with Crippen LogP contribution in [0.15, 0.2) is 10.7 Å². The van der Waals surface area contributed by atoms with Crippen molar-refractivity contribution < 1.29 is 14.3 Å². The van der Waals surface area contributed by atoms with Gasteiger partial charge in [-0.15, -0.1) is 0 Å². The third kappa shape index (κ3) is 2.61. The van der Waals surface area contributed by atoms with Crippen LogP contribution in [0, 0.1) is 5.92 Å². The van der Waals surface area contributed by atoms with E-state index in [-0.39, 0.29) is 5.69 Å². The maximum atomic E-state index is 10.6. The highest BCUT2D eigenvalue weighted by molar-refractivity contribution is 5.84. The standard InChI is InChI=1S/C11H16N2O3/c1-13-4-2-3-8(6-13)5-10-12-9(7-16-10)11(14)15/h7-8H,2-6H2,1H3,(H,14,15). The van der Waals surface area contributed by atoms with Crippen LogP contribution in [0.4, 0.5) is 0 Å². The summed E-state index contributed by atoms with van der Waals surface area (Å²) in [5.41, 5.74) is -0.000774. The van der Waals surface area contributed by atoms with Gasteiger partial charge in [-0.2, -0.15) is 0 Å². The lowest BCUT2D eigenvalue weighted by atomic mass is 9.95. The van der Waals surface area contributed by atoms with Gasteiger partial charge in [0.25, 0.3) is 0 Å². The van der Waals surface area contributed by atoms with Gasteiger partial charge in [-0.1, -0.05) is 0 Å². The molecule has 5 nitrogen and oxygen atoms in total. The van der Waals surface area contributed by atoms with Crippen molar-refractivity contribution in [1.82, 2.24) is 9.88 Å². The molecule has 1 saturated heterocycles. The normalized spacial score (nSPS) is 22.2. The third-order valence-electron chi connectivity index (χ3n) is 2.96. The van der Waals surface area contributed by atoms with Crippen LogP contribution in [0.5, 0.6) is 0 Å². The fourth-order valence-corrected chi connectivity index (χ4v) is 2.19. The third-order valence-corrected chi connectivity index (χ3v) is 2.96. The average Bonchev–Trinajstić information content (AvgIpc) is 2.66. The molecule has 0 radical (unpaired) electrons. The first kappa shape index (κ1) is 11.1. The monoisotopic (exact) mass is 224 g/mol. The van der Waals surface area contributed by atoms with Gasteiger partial charge >= 0.3 is 5.97 Å². The second-order valence-electron chi connectivity index (χ2n) is 4.41. The van der Waals surface area contributed by atoms with E-state index in [9.17, 15) is 4.79 Å². The lowest BCUT2D eigenvalue weighted by Gasteiger charge is -2.28. The second-order valence-corrected chi connectivity index (χ2v) is 4.41. The van der Waals surface area contributed by atoms with Crippen molar-refractivity contribution in [3.63, 3.8) is 0 Å². The zero-order valence-corrected chi connectivity index (χ0v) is 9.35. The summed E-state index contributed by atoms with van der Waals surface area (Å²) in [5, 5.41) is 8.72. The minimum Gasteiger partial charge on any atom is -0.476 e. The van der Waals surface area contributed by atoms with Crippen molar-refractivity contribution >= 4 is 5.97 Å². The molecule has 1 aliphatic rings. The first-order valence-corrected chi connectivity index (χ1v) is 5.51. The molecule has 0 amide bonds. The number of hydrogen-bond acceptors (Lipinski definition) is 4. The Kier molecular flexibility index (Phi) is 3.24. The largest absolute Gasteiger partial charge is 0.476 e. The predicted molar refractivity (Wildman–Crippen MR) is 57.4 cm³/mol. The van der Waals surface area contributed by atoms with E-state index < -0.39 is 5.97 Å². The second kappa shape index (κ2) is 4.65. The fourth-order valence-electron chi connectivity index (χ4n) is 2.19. The van der Waals surface area contributed by atoms with E-state index in [0.717, 1.165) is 25.9 Å². The highest BCUT2D eigenvalue weighted by Gasteiger charge is 2.20. The van der Waals surface area contributed by atoms with Crippen molar-refractivity contribution in [3.05, 3.63) is 17.8 Å². The van der Waals surface area contributed by atoms with Gasteiger partial charge < -0.3 is 14.4 Å². The van der Waals surface area contributed by atoms with Crippen LogP contribution in [0.3, 0.4) is 0 Å². The van der Waals surface area contributed by atoms with Crippen molar-refractivity contribution in [3.8, 4) is 0 Å². The van der Waals surface area contributed by atoms with Gasteiger partial charge in [-0.25, -0.2) is 9.78 Å². The van der Waals surface area contributed by atoms with Crippen LogP contribution >= 0.6 is 0 Å². The molecule has 1 aliphatic heterocycles. The molecule has 2 heterocycles. The topological polar surface area (TPSA) is 66.6 Å². The Balaban J connectivity index is 1.95. The Morgan fingerprint density at radius 1 is 1.75 bits per heavy atom. The van der Waals surface area contributed by atoms with E-state index in [0.29, 0.717) is 11.8 Å². The number of nitrogens with zero attached hydrogens (tertiary/aromatic N) is 2. The Morgan fingerprint density at radius 2 is 2.56 bits per heavy atom. The summed E-state index contributed by atoms with van der Waals surface area (Å²) < 4.78 is 5.15. The van der Waals surface area contributed by atoms with Gasteiger partial charge in [0.1, 0.15) is 6.26 Å². The van der Waals surface area contributed by atoms with E-state index in [2.05, 4.69) is 16.9 Å². The van der Waals surface area contributed by atoms with Crippen molar-refractivity contribution in [2.75, 3.05) is 20.1 Å². The van der Waals surface area contributed by atoms with Gasteiger partial charge in [0.2, 0.25) is 0 Å². The summed E-state index contributed by atoms with van der Waals surface area (Å²) in [6.45, 7) is 2.17. The van der Waals surface area contributed by atoms with E-state index in [1.165, 1.54) is 12.7 Å². The Bertz CT molecular complexity index is 375. The highest BCUT2D eigenvalue weighted by atomic mass is 16.4. The molecule has 0 aromatic carbocycles. The SMILES string of the molecule is CN1CCCC(Cc2nc(C(=O)O)co2)C1. The van der Waals surface area contributed by atoms with Crippen LogP contribution in [-0.4, -0.2) is 41.1 Å². The number of carbonyl (C=O) groups is 1. The van der Waals surface area contributed by atoms with E-state index in [4.69, 9.17) is 9.52 Å². The number of rotatable bonds is 3. The van der Waals surface area contributed by atoms with Crippen molar-refractivity contribution in [2.24, 2.45) is 5.92 Å². The number of aromatic carboxylic acids is 1. The van der Waals surface area contributed by atoms with E-state index in [1.807, 2.05) is 0 Å². The van der Waals surface area contributed by atoms with Crippen LogP contribution in [0.25, 0.3) is 0 Å². The minimum atomic E-state index is -1.03. The van der Waals surface area contributed by atoms with Crippen molar-refractivity contribution in [1.29, 1.82) is 0 Å². The molecule has 0 saturated carbocycles. The molecule has 1 atom stereocenters. The lowest BCUT2D eigenvalue weighted by molar-refractivity contribution is 0.0690. The molecular formula is C11H16N2O3. The highest BCUT2D eigenvalue weighted by Crippen LogP contribution is 2.19. The van der Waals surface area contributed by atoms with Gasteiger partial charge in [0.15, 0.2) is 11.6 Å². The summed E-state index contributed by atoms with van der Waals surface area (Å²) in [7, 11) is 2.10. The summed E-state index contributed by atoms with van der Waals surface area (Å²) >= 11 is 0. The maximum absolute atomic E-state index is 10.6. The molecule has 5 heteroatoms.